The lowest BCUT2D eigenvalue weighted by atomic mass is 9.99. The van der Waals surface area contributed by atoms with Crippen LogP contribution in [0, 0.1) is 5.92 Å². The van der Waals surface area contributed by atoms with E-state index >= 15 is 0 Å². The van der Waals surface area contributed by atoms with Gasteiger partial charge in [-0.25, -0.2) is 4.79 Å². The molecule has 1 aromatic rings. The third kappa shape index (κ3) is 3.44. The predicted octanol–water partition coefficient (Wildman–Crippen LogP) is 2.31. The summed E-state index contributed by atoms with van der Waals surface area (Å²) in [6.07, 6.45) is 6.37. The van der Waals surface area contributed by atoms with E-state index in [1.807, 2.05) is 6.08 Å². The maximum Gasteiger partial charge on any atom is 0.336 e. The maximum absolute atomic E-state index is 11.8. The fraction of sp³-hybridized carbons (Fsp3) is 0.333. The number of carbonyl (C=O) groups is 2. The molecule has 1 aromatic carbocycles. The van der Waals surface area contributed by atoms with Crippen LogP contribution < -0.4 is 5.32 Å². The number of nitrogens with one attached hydrogen (secondary N) is 1. The van der Waals surface area contributed by atoms with Crippen LogP contribution in [0.5, 0.6) is 0 Å². The Hall–Kier alpha value is -2.10. The molecule has 0 spiro atoms. The van der Waals surface area contributed by atoms with E-state index in [4.69, 9.17) is 5.11 Å². The number of amides is 1. The predicted molar refractivity (Wildman–Crippen MR) is 72.8 cm³/mol. The minimum absolute atomic E-state index is 0.0292. The molecule has 0 aliphatic carbocycles. The number of carboxylic acids is 1. The molecule has 0 bridgehead atoms. The van der Waals surface area contributed by atoms with Crippen LogP contribution >= 0.6 is 0 Å². The van der Waals surface area contributed by atoms with E-state index < -0.39 is 5.97 Å². The summed E-state index contributed by atoms with van der Waals surface area (Å²) in [5, 5.41) is 11.9. The standard InChI is InChI=1S/C15H17NO3/c17-14-12(6-3-4-10-16-14)9-8-11-5-1-2-7-13(11)15(18)19/h1-2,5,7-9,12H,3-4,6,10H2,(H,16,17)(H,18,19). The summed E-state index contributed by atoms with van der Waals surface area (Å²) in [7, 11) is 0. The summed E-state index contributed by atoms with van der Waals surface area (Å²) >= 11 is 0. The zero-order valence-electron chi connectivity index (χ0n) is 10.6. The molecule has 2 rings (SSSR count). The molecule has 100 valence electrons. The van der Waals surface area contributed by atoms with Gasteiger partial charge < -0.3 is 10.4 Å². The van der Waals surface area contributed by atoms with Crippen molar-refractivity contribution in [2.75, 3.05) is 6.54 Å². The van der Waals surface area contributed by atoms with E-state index in [0.29, 0.717) is 5.56 Å². The zero-order chi connectivity index (χ0) is 13.7. The van der Waals surface area contributed by atoms with Gasteiger partial charge in [0.25, 0.3) is 0 Å². The first-order valence-corrected chi connectivity index (χ1v) is 6.47. The van der Waals surface area contributed by atoms with Gasteiger partial charge in [0.2, 0.25) is 5.91 Å². The topological polar surface area (TPSA) is 66.4 Å². The van der Waals surface area contributed by atoms with Crippen LogP contribution in [-0.4, -0.2) is 23.5 Å². The van der Waals surface area contributed by atoms with E-state index in [1.165, 1.54) is 0 Å². The minimum atomic E-state index is -0.953. The summed E-state index contributed by atoms with van der Waals surface area (Å²) in [6, 6.07) is 6.79. The highest BCUT2D eigenvalue weighted by molar-refractivity contribution is 5.92. The Labute approximate surface area is 112 Å². The van der Waals surface area contributed by atoms with Gasteiger partial charge in [0.05, 0.1) is 11.5 Å². The number of carboxylic acid groups (broad SMARTS) is 1. The van der Waals surface area contributed by atoms with Crippen LogP contribution in [0.4, 0.5) is 0 Å². The van der Waals surface area contributed by atoms with Crippen molar-refractivity contribution < 1.29 is 14.7 Å². The van der Waals surface area contributed by atoms with Crippen molar-refractivity contribution >= 4 is 18.0 Å². The molecule has 0 saturated carbocycles. The van der Waals surface area contributed by atoms with Crippen LogP contribution in [0.1, 0.15) is 35.2 Å². The van der Waals surface area contributed by atoms with Crippen LogP contribution in [0.15, 0.2) is 30.3 Å². The van der Waals surface area contributed by atoms with Gasteiger partial charge in [-0.15, -0.1) is 0 Å². The monoisotopic (exact) mass is 259 g/mol. The Morgan fingerprint density at radius 3 is 2.89 bits per heavy atom. The number of benzene rings is 1. The smallest absolute Gasteiger partial charge is 0.336 e. The van der Waals surface area contributed by atoms with Crippen LogP contribution in [0.3, 0.4) is 0 Å². The molecule has 1 aliphatic rings. The first-order chi connectivity index (χ1) is 9.18. The Bertz CT molecular complexity index is 508. The SMILES string of the molecule is O=C(O)c1ccccc1C=CC1CCCCNC1=O. The molecule has 2 N–H and O–H groups in total. The van der Waals surface area contributed by atoms with E-state index in [9.17, 15) is 9.59 Å². The molecule has 1 fully saturated rings. The van der Waals surface area contributed by atoms with Crippen molar-refractivity contribution in [1.29, 1.82) is 0 Å². The van der Waals surface area contributed by atoms with E-state index in [1.54, 1.807) is 30.3 Å². The number of hydrogen-bond acceptors (Lipinski definition) is 2. The summed E-state index contributed by atoms with van der Waals surface area (Å²) in [4.78, 5) is 22.9. The third-order valence-corrected chi connectivity index (χ3v) is 3.28. The summed E-state index contributed by atoms with van der Waals surface area (Å²) < 4.78 is 0. The molecule has 1 saturated heterocycles. The molecular weight excluding hydrogens is 242 g/mol. The van der Waals surface area contributed by atoms with Crippen molar-refractivity contribution in [2.24, 2.45) is 5.92 Å². The number of carbonyl (C=O) groups excluding carboxylic acids is 1. The molecular formula is C15H17NO3. The van der Waals surface area contributed by atoms with Gasteiger partial charge in [0.1, 0.15) is 0 Å². The second-order valence-electron chi connectivity index (χ2n) is 4.64. The van der Waals surface area contributed by atoms with Gasteiger partial charge in [-0.3, -0.25) is 4.79 Å². The summed E-state index contributed by atoms with van der Waals surface area (Å²) in [5.41, 5.74) is 0.889. The normalized spacial score (nSPS) is 20.0. The number of rotatable bonds is 3. The average Bonchev–Trinajstić information content (AvgIpc) is 2.61. The van der Waals surface area contributed by atoms with Crippen LogP contribution in [0.2, 0.25) is 0 Å². The lowest BCUT2D eigenvalue weighted by Gasteiger charge is -2.08. The average molecular weight is 259 g/mol. The first kappa shape index (κ1) is 13.3. The first-order valence-electron chi connectivity index (χ1n) is 6.47. The van der Waals surface area contributed by atoms with E-state index in [2.05, 4.69) is 5.32 Å². The molecule has 4 heteroatoms. The van der Waals surface area contributed by atoms with Gasteiger partial charge >= 0.3 is 5.97 Å². The minimum Gasteiger partial charge on any atom is -0.478 e. The molecule has 1 heterocycles. The fourth-order valence-corrected chi connectivity index (χ4v) is 2.20. The highest BCUT2D eigenvalue weighted by Gasteiger charge is 2.17. The molecule has 4 nitrogen and oxygen atoms in total. The fourth-order valence-electron chi connectivity index (χ4n) is 2.20. The van der Waals surface area contributed by atoms with Gasteiger partial charge in [0.15, 0.2) is 0 Å². The van der Waals surface area contributed by atoms with Gasteiger partial charge in [0, 0.05) is 6.54 Å². The van der Waals surface area contributed by atoms with Crippen LogP contribution in [-0.2, 0) is 4.79 Å². The zero-order valence-corrected chi connectivity index (χ0v) is 10.6. The second kappa shape index (κ2) is 6.18. The Morgan fingerprint density at radius 2 is 2.11 bits per heavy atom. The lowest BCUT2D eigenvalue weighted by molar-refractivity contribution is -0.123. The Kier molecular flexibility index (Phi) is 4.34. The Morgan fingerprint density at radius 1 is 1.32 bits per heavy atom. The quantitative estimate of drug-likeness (QED) is 0.875. The van der Waals surface area contributed by atoms with Gasteiger partial charge in [-0.1, -0.05) is 36.8 Å². The maximum atomic E-state index is 11.8. The highest BCUT2D eigenvalue weighted by Crippen LogP contribution is 2.17. The second-order valence-corrected chi connectivity index (χ2v) is 4.64. The van der Waals surface area contributed by atoms with Crippen LogP contribution in [0.25, 0.3) is 6.08 Å². The highest BCUT2D eigenvalue weighted by atomic mass is 16.4. The summed E-state index contributed by atoms with van der Waals surface area (Å²) in [6.45, 7) is 0.731. The molecule has 1 unspecified atom stereocenters. The molecule has 0 aromatic heterocycles. The van der Waals surface area contributed by atoms with Crippen molar-refractivity contribution in [1.82, 2.24) is 5.32 Å². The van der Waals surface area contributed by atoms with E-state index in [-0.39, 0.29) is 17.4 Å². The Balaban J connectivity index is 2.17. The third-order valence-electron chi connectivity index (χ3n) is 3.28. The van der Waals surface area contributed by atoms with Crippen molar-refractivity contribution in [3.05, 3.63) is 41.5 Å². The van der Waals surface area contributed by atoms with E-state index in [0.717, 1.165) is 25.8 Å². The molecule has 1 atom stereocenters. The lowest BCUT2D eigenvalue weighted by Crippen LogP contribution is -2.27. The van der Waals surface area contributed by atoms with Crippen molar-refractivity contribution in [3.8, 4) is 0 Å². The largest absolute Gasteiger partial charge is 0.478 e. The van der Waals surface area contributed by atoms with Gasteiger partial charge in [-0.05, 0) is 24.5 Å². The van der Waals surface area contributed by atoms with Gasteiger partial charge in [-0.2, -0.15) is 0 Å². The van der Waals surface area contributed by atoms with Crippen molar-refractivity contribution in [2.45, 2.75) is 19.3 Å². The van der Waals surface area contributed by atoms with Crippen molar-refractivity contribution in [3.63, 3.8) is 0 Å². The molecule has 0 radical (unpaired) electrons. The summed E-state index contributed by atoms with van der Waals surface area (Å²) in [5.74, 6) is -1.09. The molecule has 1 aliphatic heterocycles. The molecule has 19 heavy (non-hydrogen) atoms. The molecule has 1 amide bonds. The number of aromatic carboxylic acids is 1. The number of hydrogen-bond donors (Lipinski definition) is 2.